The summed E-state index contributed by atoms with van der Waals surface area (Å²) in [5.74, 6) is -1.76. The maximum absolute atomic E-state index is 12.5. The summed E-state index contributed by atoms with van der Waals surface area (Å²) < 4.78 is 10.3. The van der Waals surface area contributed by atoms with E-state index >= 15 is 0 Å². The Bertz CT molecular complexity index is 807. The predicted molar refractivity (Wildman–Crippen MR) is 91.9 cm³/mol. The molecule has 0 saturated carbocycles. The highest BCUT2D eigenvalue weighted by molar-refractivity contribution is 5.99. The molecule has 0 unspecified atom stereocenters. The lowest BCUT2D eigenvalue weighted by molar-refractivity contribution is -0.129. The van der Waals surface area contributed by atoms with Crippen LogP contribution in [-0.4, -0.2) is 37.2 Å². The summed E-state index contributed by atoms with van der Waals surface area (Å²) in [6.45, 7) is 0. The fourth-order valence-corrected chi connectivity index (χ4v) is 2.12. The second-order valence-electron chi connectivity index (χ2n) is 5.15. The SMILES string of the molecule is CNC(=O)NC(=O)[C@H](OC(=O)c1cc(OC)ccc1O)c1ccccc1. The van der Waals surface area contributed by atoms with E-state index in [9.17, 15) is 19.5 Å². The van der Waals surface area contributed by atoms with E-state index in [0.29, 0.717) is 11.3 Å². The summed E-state index contributed by atoms with van der Waals surface area (Å²) in [5.41, 5.74) is 0.197. The van der Waals surface area contributed by atoms with Crippen molar-refractivity contribution in [1.82, 2.24) is 10.6 Å². The van der Waals surface area contributed by atoms with E-state index in [1.165, 1.54) is 32.4 Å². The molecular weight excluding hydrogens is 340 g/mol. The van der Waals surface area contributed by atoms with Crippen molar-refractivity contribution in [2.75, 3.05) is 14.2 Å². The van der Waals surface area contributed by atoms with Gasteiger partial charge in [0.1, 0.15) is 17.1 Å². The minimum Gasteiger partial charge on any atom is -0.507 e. The number of urea groups is 1. The average molecular weight is 358 g/mol. The molecule has 136 valence electrons. The number of esters is 1. The van der Waals surface area contributed by atoms with Gasteiger partial charge in [0.15, 0.2) is 0 Å². The molecule has 1 atom stereocenters. The molecular formula is C18H18N2O6. The number of carbonyl (C=O) groups excluding carboxylic acids is 3. The molecule has 0 aromatic heterocycles. The predicted octanol–water partition coefficient (Wildman–Crippen LogP) is 1.75. The van der Waals surface area contributed by atoms with Crippen LogP contribution < -0.4 is 15.4 Å². The quantitative estimate of drug-likeness (QED) is 0.702. The molecule has 0 bridgehead atoms. The summed E-state index contributed by atoms with van der Waals surface area (Å²) in [5, 5.41) is 14.2. The zero-order valence-electron chi connectivity index (χ0n) is 14.2. The van der Waals surface area contributed by atoms with Gasteiger partial charge in [-0.2, -0.15) is 0 Å². The minimum atomic E-state index is -1.38. The van der Waals surface area contributed by atoms with Gasteiger partial charge in [0.25, 0.3) is 5.91 Å². The molecule has 0 radical (unpaired) electrons. The normalized spacial score (nSPS) is 11.2. The largest absolute Gasteiger partial charge is 0.507 e. The number of benzene rings is 2. The Hall–Kier alpha value is -3.55. The van der Waals surface area contributed by atoms with E-state index in [-0.39, 0.29) is 11.3 Å². The number of hydrogen-bond acceptors (Lipinski definition) is 6. The molecule has 0 aliphatic carbocycles. The van der Waals surface area contributed by atoms with Crippen molar-refractivity contribution < 1.29 is 29.0 Å². The molecule has 8 heteroatoms. The number of carbonyl (C=O) groups is 3. The smallest absolute Gasteiger partial charge is 0.343 e. The molecule has 2 rings (SSSR count). The Morgan fingerprint density at radius 1 is 1.08 bits per heavy atom. The van der Waals surface area contributed by atoms with Crippen molar-refractivity contribution in [2.45, 2.75) is 6.10 Å². The maximum atomic E-state index is 12.5. The van der Waals surface area contributed by atoms with Crippen LogP contribution in [0.25, 0.3) is 0 Å². The van der Waals surface area contributed by atoms with Crippen LogP contribution in [0.5, 0.6) is 11.5 Å². The van der Waals surface area contributed by atoms with E-state index in [1.807, 2.05) is 0 Å². The van der Waals surface area contributed by atoms with Crippen LogP contribution in [0.3, 0.4) is 0 Å². The van der Waals surface area contributed by atoms with Gasteiger partial charge in [-0.1, -0.05) is 30.3 Å². The number of rotatable bonds is 5. The van der Waals surface area contributed by atoms with Gasteiger partial charge in [-0.3, -0.25) is 10.1 Å². The number of aromatic hydroxyl groups is 1. The third-order valence-corrected chi connectivity index (χ3v) is 3.45. The molecule has 3 N–H and O–H groups in total. The van der Waals surface area contributed by atoms with Crippen LogP contribution in [-0.2, 0) is 9.53 Å². The lowest BCUT2D eigenvalue weighted by atomic mass is 10.1. The fraction of sp³-hybridized carbons (Fsp3) is 0.167. The first kappa shape index (κ1) is 18.8. The Balaban J connectivity index is 2.30. The van der Waals surface area contributed by atoms with E-state index < -0.39 is 24.0 Å². The first-order valence-corrected chi connectivity index (χ1v) is 7.61. The van der Waals surface area contributed by atoms with Gasteiger partial charge in [0, 0.05) is 12.6 Å². The Morgan fingerprint density at radius 3 is 2.38 bits per heavy atom. The lowest BCUT2D eigenvalue weighted by Crippen LogP contribution is -2.41. The highest BCUT2D eigenvalue weighted by Crippen LogP contribution is 2.26. The van der Waals surface area contributed by atoms with E-state index in [0.717, 1.165) is 0 Å². The zero-order valence-corrected chi connectivity index (χ0v) is 14.2. The van der Waals surface area contributed by atoms with E-state index in [1.54, 1.807) is 30.3 Å². The zero-order chi connectivity index (χ0) is 19.1. The monoisotopic (exact) mass is 358 g/mol. The summed E-state index contributed by atoms with van der Waals surface area (Å²) in [6.07, 6.45) is -1.38. The van der Waals surface area contributed by atoms with Crippen molar-refractivity contribution in [1.29, 1.82) is 0 Å². The third-order valence-electron chi connectivity index (χ3n) is 3.45. The van der Waals surface area contributed by atoms with Crippen molar-refractivity contribution in [2.24, 2.45) is 0 Å². The Morgan fingerprint density at radius 2 is 1.77 bits per heavy atom. The fourth-order valence-electron chi connectivity index (χ4n) is 2.12. The van der Waals surface area contributed by atoms with E-state index in [4.69, 9.17) is 9.47 Å². The van der Waals surface area contributed by atoms with Gasteiger partial charge in [0.2, 0.25) is 6.10 Å². The number of phenols is 1. The van der Waals surface area contributed by atoms with Crippen LogP contribution in [0.2, 0.25) is 0 Å². The number of amides is 3. The molecule has 26 heavy (non-hydrogen) atoms. The van der Waals surface area contributed by atoms with Crippen LogP contribution in [0.1, 0.15) is 22.0 Å². The number of imide groups is 1. The molecule has 0 fully saturated rings. The topological polar surface area (TPSA) is 114 Å². The van der Waals surface area contributed by atoms with Crippen molar-refractivity contribution in [3.05, 3.63) is 59.7 Å². The van der Waals surface area contributed by atoms with Gasteiger partial charge in [-0.15, -0.1) is 0 Å². The van der Waals surface area contributed by atoms with Gasteiger partial charge in [-0.05, 0) is 18.2 Å². The molecule has 2 aromatic carbocycles. The number of phenolic OH excluding ortho intramolecular Hbond substituents is 1. The van der Waals surface area contributed by atoms with Gasteiger partial charge < -0.3 is 19.9 Å². The Labute approximate surface area is 149 Å². The van der Waals surface area contributed by atoms with Gasteiger partial charge in [-0.25, -0.2) is 9.59 Å². The van der Waals surface area contributed by atoms with Crippen LogP contribution in [0.15, 0.2) is 48.5 Å². The average Bonchev–Trinajstić information content (AvgIpc) is 2.66. The molecule has 0 heterocycles. The number of nitrogens with one attached hydrogen (secondary N) is 2. The minimum absolute atomic E-state index is 0.168. The molecule has 0 aliphatic heterocycles. The molecule has 0 saturated heterocycles. The summed E-state index contributed by atoms with van der Waals surface area (Å²) in [7, 11) is 2.76. The number of methoxy groups -OCH3 is 1. The summed E-state index contributed by atoms with van der Waals surface area (Å²) in [4.78, 5) is 36.2. The van der Waals surface area contributed by atoms with Crippen molar-refractivity contribution in [3.8, 4) is 11.5 Å². The third kappa shape index (κ3) is 4.50. The Kier molecular flexibility index (Phi) is 6.15. The van der Waals surface area contributed by atoms with Crippen LogP contribution in [0, 0.1) is 0 Å². The van der Waals surface area contributed by atoms with Crippen LogP contribution in [0.4, 0.5) is 4.79 Å². The first-order chi connectivity index (χ1) is 12.5. The molecule has 0 aliphatic rings. The standard InChI is InChI=1S/C18H18N2O6/c1-19-18(24)20-16(22)15(11-6-4-3-5-7-11)26-17(23)13-10-12(25-2)8-9-14(13)21/h3-10,15,21H,1-2H3,(H2,19,20,22,24)/t15-/m1/s1. The van der Waals surface area contributed by atoms with Gasteiger partial charge in [0.05, 0.1) is 7.11 Å². The van der Waals surface area contributed by atoms with Crippen molar-refractivity contribution >= 4 is 17.9 Å². The summed E-state index contributed by atoms with van der Waals surface area (Å²) >= 11 is 0. The van der Waals surface area contributed by atoms with E-state index in [2.05, 4.69) is 10.6 Å². The van der Waals surface area contributed by atoms with Crippen molar-refractivity contribution in [3.63, 3.8) is 0 Å². The molecule has 8 nitrogen and oxygen atoms in total. The molecule has 0 spiro atoms. The lowest BCUT2D eigenvalue weighted by Gasteiger charge is -2.18. The number of hydrogen-bond donors (Lipinski definition) is 3. The van der Waals surface area contributed by atoms with Gasteiger partial charge >= 0.3 is 12.0 Å². The number of ether oxygens (including phenoxy) is 2. The molecule has 2 aromatic rings. The maximum Gasteiger partial charge on any atom is 0.343 e. The highest BCUT2D eigenvalue weighted by Gasteiger charge is 2.28. The molecule has 3 amide bonds. The highest BCUT2D eigenvalue weighted by atomic mass is 16.5. The second kappa shape index (κ2) is 8.52. The first-order valence-electron chi connectivity index (χ1n) is 7.61. The van der Waals surface area contributed by atoms with Crippen LogP contribution >= 0.6 is 0 Å². The second-order valence-corrected chi connectivity index (χ2v) is 5.15. The summed E-state index contributed by atoms with van der Waals surface area (Å²) in [6, 6.07) is 11.5.